The molecule has 3 unspecified atom stereocenters. The molecule has 0 radical (unpaired) electrons. The third-order valence-electron chi connectivity index (χ3n) is 4.38. The second-order valence-electron chi connectivity index (χ2n) is 6.03. The van der Waals surface area contributed by atoms with Crippen LogP contribution in [-0.2, 0) is 9.53 Å². The number of carbonyl (C=O) groups is 1. The molecule has 3 atom stereocenters. The van der Waals surface area contributed by atoms with Gasteiger partial charge in [0.1, 0.15) is 6.10 Å². The van der Waals surface area contributed by atoms with Gasteiger partial charge in [-0.25, -0.2) is 0 Å². The molecule has 2 rings (SSSR count). The van der Waals surface area contributed by atoms with E-state index in [1.165, 1.54) is 0 Å². The number of carbonyl (C=O) groups excluding carboxylic acids is 1. The first-order chi connectivity index (χ1) is 8.56. The normalized spacial score (nSPS) is 33.9. The fourth-order valence-corrected chi connectivity index (χ4v) is 3.31. The molecule has 1 amide bonds. The molecule has 4 nitrogen and oxygen atoms in total. The van der Waals surface area contributed by atoms with Crippen LogP contribution in [0.25, 0.3) is 0 Å². The van der Waals surface area contributed by atoms with Crippen molar-refractivity contribution in [1.82, 2.24) is 4.90 Å². The maximum absolute atomic E-state index is 12.2. The van der Waals surface area contributed by atoms with Crippen molar-refractivity contribution in [2.24, 2.45) is 11.7 Å². The zero-order valence-electron chi connectivity index (χ0n) is 11.7. The van der Waals surface area contributed by atoms with Crippen LogP contribution >= 0.6 is 0 Å². The van der Waals surface area contributed by atoms with Crippen molar-refractivity contribution in [3.05, 3.63) is 0 Å². The van der Waals surface area contributed by atoms with Gasteiger partial charge in [-0.2, -0.15) is 0 Å². The average molecular weight is 254 g/mol. The average Bonchev–Trinajstić information content (AvgIpc) is 2.98. The maximum Gasteiger partial charge on any atom is 0.251 e. The molecule has 2 N–H and O–H groups in total. The van der Waals surface area contributed by atoms with Crippen LogP contribution in [0.4, 0.5) is 0 Å². The van der Waals surface area contributed by atoms with E-state index in [-0.39, 0.29) is 17.6 Å². The molecule has 1 aliphatic carbocycles. The highest BCUT2D eigenvalue weighted by Gasteiger charge is 2.40. The number of likely N-dealkylation sites (tertiary alicyclic amines) is 1. The fraction of sp³-hybridized carbons (Fsp3) is 0.929. The minimum absolute atomic E-state index is 0.139. The number of rotatable bonds is 4. The molecular weight excluding hydrogens is 228 g/mol. The molecular formula is C14H26N2O2. The van der Waals surface area contributed by atoms with Crippen LogP contribution in [0.15, 0.2) is 0 Å². The van der Waals surface area contributed by atoms with E-state index in [0.717, 1.165) is 45.2 Å². The standard InChI is InChI=1S/C14H26N2O2/c1-11-5-6-14(9-11,10-15)18-12(2)13(17)16-7-3-4-8-16/h11-12H,3-10,15H2,1-2H3. The molecule has 4 heteroatoms. The minimum atomic E-state index is -0.350. The molecule has 1 heterocycles. The van der Waals surface area contributed by atoms with Gasteiger partial charge in [0.2, 0.25) is 0 Å². The van der Waals surface area contributed by atoms with Gasteiger partial charge in [-0.05, 0) is 44.9 Å². The van der Waals surface area contributed by atoms with Gasteiger partial charge < -0.3 is 15.4 Å². The third kappa shape index (κ3) is 2.86. The van der Waals surface area contributed by atoms with Crippen molar-refractivity contribution in [3.63, 3.8) is 0 Å². The van der Waals surface area contributed by atoms with Crippen LogP contribution < -0.4 is 5.73 Å². The summed E-state index contributed by atoms with van der Waals surface area (Å²) >= 11 is 0. The lowest BCUT2D eigenvalue weighted by Gasteiger charge is -2.32. The van der Waals surface area contributed by atoms with E-state index in [1.54, 1.807) is 0 Å². The van der Waals surface area contributed by atoms with Gasteiger partial charge in [0.05, 0.1) is 5.60 Å². The summed E-state index contributed by atoms with van der Waals surface area (Å²) in [4.78, 5) is 14.2. The van der Waals surface area contributed by atoms with Crippen molar-refractivity contribution in [2.75, 3.05) is 19.6 Å². The van der Waals surface area contributed by atoms with E-state index in [4.69, 9.17) is 10.5 Å². The Labute approximate surface area is 110 Å². The molecule has 2 aliphatic rings. The second kappa shape index (κ2) is 5.57. The first-order valence-electron chi connectivity index (χ1n) is 7.23. The molecule has 0 spiro atoms. The predicted octanol–water partition coefficient (Wildman–Crippen LogP) is 1.53. The van der Waals surface area contributed by atoms with Crippen LogP contribution in [-0.4, -0.2) is 42.1 Å². The molecule has 1 aliphatic heterocycles. The molecule has 0 aromatic carbocycles. The van der Waals surface area contributed by atoms with Gasteiger partial charge in [0, 0.05) is 19.6 Å². The lowest BCUT2D eigenvalue weighted by atomic mass is 10.0. The smallest absolute Gasteiger partial charge is 0.251 e. The number of amides is 1. The van der Waals surface area contributed by atoms with E-state index in [2.05, 4.69) is 6.92 Å². The van der Waals surface area contributed by atoms with Gasteiger partial charge in [0.25, 0.3) is 5.91 Å². The summed E-state index contributed by atoms with van der Waals surface area (Å²) in [5.41, 5.74) is 5.63. The van der Waals surface area contributed by atoms with Gasteiger partial charge in [0.15, 0.2) is 0 Å². The Balaban J connectivity index is 1.92. The molecule has 2 fully saturated rings. The largest absolute Gasteiger partial charge is 0.361 e. The number of hydrogen-bond acceptors (Lipinski definition) is 3. The third-order valence-corrected chi connectivity index (χ3v) is 4.38. The van der Waals surface area contributed by atoms with Crippen LogP contribution in [0, 0.1) is 5.92 Å². The molecule has 0 bridgehead atoms. The Bertz CT molecular complexity index is 302. The first kappa shape index (κ1) is 13.8. The monoisotopic (exact) mass is 254 g/mol. The molecule has 0 aromatic rings. The summed E-state index contributed by atoms with van der Waals surface area (Å²) in [7, 11) is 0. The Morgan fingerprint density at radius 1 is 1.50 bits per heavy atom. The summed E-state index contributed by atoms with van der Waals surface area (Å²) in [6.07, 6.45) is 5.03. The molecule has 18 heavy (non-hydrogen) atoms. The summed E-state index contributed by atoms with van der Waals surface area (Å²) in [6.45, 7) is 6.40. The minimum Gasteiger partial charge on any atom is -0.361 e. The Kier molecular flexibility index (Phi) is 4.28. The summed E-state index contributed by atoms with van der Waals surface area (Å²) in [6, 6.07) is 0. The van der Waals surface area contributed by atoms with E-state index < -0.39 is 0 Å². The topological polar surface area (TPSA) is 55.6 Å². The predicted molar refractivity (Wildman–Crippen MR) is 71.2 cm³/mol. The van der Waals surface area contributed by atoms with Crippen molar-refractivity contribution < 1.29 is 9.53 Å². The summed E-state index contributed by atoms with van der Waals surface area (Å²) in [5, 5.41) is 0. The van der Waals surface area contributed by atoms with Crippen molar-refractivity contribution in [3.8, 4) is 0 Å². The zero-order chi connectivity index (χ0) is 13.2. The van der Waals surface area contributed by atoms with E-state index in [0.29, 0.717) is 12.5 Å². The molecule has 104 valence electrons. The Hall–Kier alpha value is -0.610. The van der Waals surface area contributed by atoms with Crippen LogP contribution in [0.1, 0.15) is 46.0 Å². The SMILES string of the molecule is CC1CCC(CN)(OC(C)C(=O)N2CCCC2)C1. The number of hydrogen-bond donors (Lipinski definition) is 1. The zero-order valence-corrected chi connectivity index (χ0v) is 11.7. The van der Waals surface area contributed by atoms with E-state index in [1.807, 2.05) is 11.8 Å². The van der Waals surface area contributed by atoms with Crippen molar-refractivity contribution in [1.29, 1.82) is 0 Å². The quantitative estimate of drug-likeness (QED) is 0.828. The molecule has 1 saturated heterocycles. The lowest BCUT2D eigenvalue weighted by molar-refractivity contribution is -0.153. The Morgan fingerprint density at radius 2 is 2.17 bits per heavy atom. The van der Waals surface area contributed by atoms with Crippen molar-refractivity contribution >= 4 is 5.91 Å². The summed E-state index contributed by atoms with van der Waals surface area (Å²) in [5.74, 6) is 0.794. The highest BCUT2D eigenvalue weighted by molar-refractivity contribution is 5.80. The van der Waals surface area contributed by atoms with Gasteiger partial charge in [-0.15, -0.1) is 0 Å². The van der Waals surface area contributed by atoms with E-state index in [9.17, 15) is 4.79 Å². The highest BCUT2D eigenvalue weighted by atomic mass is 16.5. The summed E-state index contributed by atoms with van der Waals surface area (Å²) < 4.78 is 6.08. The molecule has 0 aromatic heterocycles. The number of nitrogens with zero attached hydrogens (tertiary/aromatic N) is 1. The van der Waals surface area contributed by atoms with Crippen LogP contribution in [0.3, 0.4) is 0 Å². The number of ether oxygens (including phenoxy) is 1. The highest BCUT2D eigenvalue weighted by Crippen LogP contribution is 2.37. The molecule has 1 saturated carbocycles. The van der Waals surface area contributed by atoms with Gasteiger partial charge >= 0.3 is 0 Å². The lowest BCUT2D eigenvalue weighted by Crippen LogP contribution is -2.46. The van der Waals surface area contributed by atoms with E-state index >= 15 is 0 Å². The second-order valence-corrected chi connectivity index (χ2v) is 6.03. The van der Waals surface area contributed by atoms with Gasteiger partial charge in [-0.1, -0.05) is 6.92 Å². The van der Waals surface area contributed by atoms with Gasteiger partial charge in [-0.3, -0.25) is 4.79 Å². The van der Waals surface area contributed by atoms with Crippen LogP contribution in [0.5, 0.6) is 0 Å². The first-order valence-corrected chi connectivity index (χ1v) is 7.23. The Morgan fingerprint density at radius 3 is 2.67 bits per heavy atom. The maximum atomic E-state index is 12.2. The van der Waals surface area contributed by atoms with Crippen molar-refractivity contribution in [2.45, 2.75) is 57.7 Å². The fourth-order valence-electron chi connectivity index (χ4n) is 3.31. The van der Waals surface area contributed by atoms with Crippen LogP contribution in [0.2, 0.25) is 0 Å². The number of nitrogens with two attached hydrogens (primary N) is 1.